The normalized spacial score (nSPS) is 11.7. The molecule has 0 spiro atoms. The third-order valence-electron chi connectivity index (χ3n) is 1.71. The molecule has 0 saturated carbocycles. The molecule has 3 nitrogen and oxygen atoms in total. The third kappa shape index (κ3) is 1.93. The lowest BCUT2D eigenvalue weighted by atomic mass is 9.90. The molecule has 4 heteroatoms. The SMILES string of the molecule is CC(C)(CO)c1ccnc(Cl)n1. The average molecular weight is 187 g/mol. The van der Waals surface area contributed by atoms with E-state index >= 15 is 0 Å². The van der Waals surface area contributed by atoms with Gasteiger partial charge in [0.2, 0.25) is 5.28 Å². The van der Waals surface area contributed by atoms with Gasteiger partial charge in [-0.15, -0.1) is 0 Å². The molecule has 0 unspecified atom stereocenters. The van der Waals surface area contributed by atoms with Crippen LogP contribution >= 0.6 is 11.6 Å². The van der Waals surface area contributed by atoms with Gasteiger partial charge in [0.1, 0.15) is 0 Å². The van der Waals surface area contributed by atoms with Crippen molar-refractivity contribution in [1.29, 1.82) is 0 Å². The molecule has 0 aliphatic rings. The summed E-state index contributed by atoms with van der Waals surface area (Å²) in [5.74, 6) is 0. The maximum absolute atomic E-state index is 9.03. The second kappa shape index (κ2) is 3.37. The van der Waals surface area contributed by atoms with Crippen molar-refractivity contribution < 1.29 is 5.11 Å². The van der Waals surface area contributed by atoms with Crippen molar-refractivity contribution in [3.63, 3.8) is 0 Å². The lowest BCUT2D eigenvalue weighted by Crippen LogP contribution is -2.23. The number of aliphatic hydroxyl groups is 1. The Kier molecular flexibility index (Phi) is 2.65. The fourth-order valence-electron chi connectivity index (χ4n) is 0.793. The van der Waals surface area contributed by atoms with Crippen molar-refractivity contribution in [2.45, 2.75) is 19.3 Å². The van der Waals surface area contributed by atoms with E-state index in [-0.39, 0.29) is 17.3 Å². The molecule has 0 bridgehead atoms. The molecule has 1 heterocycles. The van der Waals surface area contributed by atoms with Crippen molar-refractivity contribution >= 4 is 11.6 Å². The highest BCUT2D eigenvalue weighted by molar-refractivity contribution is 6.28. The van der Waals surface area contributed by atoms with Crippen LogP contribution in [0.2, 0.25) is 5.28 Å². The number of nitrogens with zero attached hydrogens (tertiary/aromatic N) is 2. The molecule has 0 fully saturated rings. The van der Waals surface area contributed by atoms with Gasteiger partial charge in [0.05, 0.1) is 12.3 Å². The summed E-state index contributed by atoms with van der Waals surface area (Å²) in [6.07, 6.45) is 1.59. The first-order valence-electron chi connectivity index (χ1n) is 3.66. The van der Waals surface area contributed by atoms with Crippen LogP contribution in [0.25, 0.3) is 0 Å². The van der Waals surface area contributed by atoms with E-state index in [9.17, 15) is 0 Å². The molecule has 0 amide bonds. The van der Waals surface area contributed by atoms with E-state index in [0.717, 1.165) is 5.69 Å². The van der Waals surface area contributed by atoms with Gasteiger partial charge in [0, 0.05) is 11.6 Å². The zero-order valence-corrected chi connectivity index (χ0v) is 7.84. The molecule has 1 rings (SSSR count). The Morgan fingerprint density at radius 1 is 1.58 bits per heavy atom. The van der Waals surface area contributed by atoms with Crippen LogP contribution in [0.1, 0.15) is 19.5 Å². The van der Waals surface area contributed by atoms with Crippen LogP contribution in [0.5, 0.6) is 0 Å². The summed E-state index contributed by atoms with van der Waals surface area (Å²) in [7, 11) is 0. The van der Waals surface area contributed by atoms with Gasteiger partial charge in [0.25, 0.3) is 0 Å². The maximum Gasteiger partial charge on any atom is 0.222 e. The zero-order valence-electron chi connectivity index (χ0n) is 7.08. The van der Waals surface area contributed by atoms with E-state index in [1.165, 1.54) is 0 Å². The number of aliphatic hydroxyl groups excluding tert-OH is 1. The lowest BCUT2D eigenvalue weighted by Gasteiger charge is -2.20. The quantitative estimate of drug-likeness (QED) is 0.711. The van der Waals surface area contributed by atoms with Gasteiger partial charge >= 0.3 is 0 Å². The zero-order chi connectivity index (χ0) is 9.19. The minimum absolute atomic E-state index is 0.0420. The number of halogens is 1. The van der Waals surface area contributed by atoms with Gasteiger partial charge in [0.15, 0.2) is 0 Å². The Hall–Kier alpha value is -0.670. The second-order valence-corrected chi connectivity index (χ2v) is 3.59. The molecule has 66 valence electrons. The van der Waals surface area contributed by atoms with Crippen LogP contribution < -0.4 is 0 Å². The first-order valence-corrected chi connectivity index (χ1v) is 4.04. The fraction of sp³-hybridized carbons (Fsp3) is 0.500. The Bertz CT molecular complexity index is 276. The van der Waals surface area contributed by atoms with Gasteiger partial charge in [-0.1, -0.05) is 13.8 Å². The summed E-state index contributed by atoms with van der Waals surface area (Å²) < 4.78 is 0. The van der Waals surface area contributed by atoms with Gasteiger partial charge in [-0.2, -0.15) is 0 Å². The third-order valence-corrected chi connectivity index (χ3v) is 1.90. The van der Waals surface area contributed by atoms with E-state index in [2.05, 4.69) is 9.97 Å². The molecular formula is C8H11ClN2O. The molecule has 0 aliphatic heterocycles. The molecular weight excluding hydrogens is 176 g/mol. The molecule has 1 aromatic rings. The molecule has 0 saturated heterocycles. The largest absolute Gasteiger partial charge is 0.395 e. The fourth-order valence-corrected chi connectivity index (χ4v) is 0.940. The van der Waals surface area contributed by atoms with Gasteiger partial charge < -0.3 is 5.11 Å². The van der Waals surface area contributed by atoms with Crippen LogP contribution in [-0.2, 0) is 5.41 Å². The minimum atomic E-state index is -0.355. The monoisotopic (exact) mass is 186 g/mol. The minimum Gasteiger partial charge on any atom is -0.395 e. The van der Waals surface area contributed by atoms with E-state index in [4.69, 9.17) is 16.7 Å². The molecule has 12 heavy (non-hydrogen) atoms. The van der Waals surface area contributed by atoms with Gasteiger partial charge in [-0.05, 0) is 17.7 Å². The van der Waals surface area contributed by atoms with E-state index in [1.54, 1.807) is 12.3 Å². The van der Waals surface area contributed by atoms with Crippen LogP contribution in [0.4, 0.5) is 0 Å². The number of aromatic nitrogens is 2. The smallest absolute Gasteiger partial charge is 0.222 e. The highest BCUT2D eigenvalue weighted by Crippen LogP contribution is 2.20. The number of rotatable bonds is 2. The Morgan fingerprint density at radius 3 is 2.75 bits per heavy atom. The second-order valence-electron chi connectivity index (χ2n) is 3.25. The summed E-state index contributed by atoms with van der Waals surface area (Å²) in [5, 5.41) is 9.25. The van der Waals surface area contributed by atoms with Crippen molar-refractivity contribution in [3.8, 4) is 0 Å². The van der Waals surface area contributed by atoms with Gasteiger partial charge in [-0.3, -0.25) is 0 Å². The molecule has 0 aliphatic carbocycles. The molecule has 0 aromatic carbocycles. The van der Waals surface area contributed by atoms with Crippen molar-refractivity contribution in [2.24, 2.45) is 0 Å². The van der Waals surface area contributed by atoms with E-state index in [0.29, 0.717) is 0 Å². The average Bonchev–Trinajstić information content (AvgIpc) is 2.05. The van der Waals surface area contributed by atoms with Crippen LogP contribution in [0, 0.1) is 0 Å². The van der Waals surface area contributed by atoms with E-state index < -0.39 is 0 Å². The lowest BCUT2D eigenvalue weighted by molar-refractivity contribution is 0.215. The van der Waals surface area contributed by atoms with Crippen LogP contribution in [0.3, 0.4) is 0 Å². The number of hydrogen-bond acceptors (Lipinski definition) is 3. The summed E-state index contributed by atoms with van der Waals surface area (Å²) in [6.45, 7) is 3.83. The Morgan fingerprint density at radius 2 is 2.25 bits per heavy atom. The van der Waals surface area contributed by atoms with Crippen molar-refractivity contribution in [2.75, 3.05) is 6.61 Å². The van der Waals surface area contributed by atoms with Crippen LogP contribution in [0.15, 0.2) is 12.3 Å². The van der Waals surface area contributed by atoms with Gasteiger partial charge in [-0.25, -0.2) is 9.97 Å². The van der Waals surface area contributed by atoms with Crippen LogP contribution in [-0.4, -0.2) is 21.7 Å². The highest BCUT2D eigenvalue weighted by Gasteiger charge is 2.21. The predicted octanol–water partition coefficient (Wildman–Crippen LogP) is 1.40. The van der Waals surface area contributed by atoms with Crippen molar-refractivity contribution in [3.05, 3.63) is 23.2 Å². The topological polar surface area (TPSA) is 46.0 Å². The molecule has 0 atom stereocenters. The Balaban J connectivity index is 3.03. The van der Waals surface area contributed by atoms with E-state index in [1.807, 2.05) is 13.8 Å². The standard InChI is InChI=1S/C8H11ClN2O/c1-8(2,5-12)6-3-4-10-7(9)11-6/h3-4,12H,5H2,1-2H3. The number of hydrogen-bond donors (Lipinski definition) is 1. The first kappa shape index (κ1) is 9.42. The molecule has 0 radical (unpaired) electrons. The predicted molar refractivity (Wildman–Crippen MR) is 47.2 cm³/mol. The summed E-state index contributed by atoms with van der Waals surface area (Å²) in [5.41, 5.74) is 0.400. The summed E-state index contributed by atoms with van der Waals surface area (Å²) >= 11 is 5.60. The highest BCUT2D eigenvalue weighted by atomic mass is 35.5. The summed E-state index contributed by atoms with van der Waals surface area (Å²) in [6, 6.07) is 1.75. The molecule has 1 N–H and O–H groups in total. The summed E-state index contributed by atoms with van der Waals surface area (Å²) in [4.78, 5) is 7.77. The Labute approximate surface area is 76.4 Å². The maximum atomic E-state index is 9.03. The van der Waals surface area contributed by atoms with Crippen molar-refractivity contribution in [1.82, 2.24) is 9.97 Å². The first-order chi connectivity index (χ1) is 5.56. The molecule has 1 aromatic heterocycles.